The number of imidazole rings is 1. The van der Waals surface area contributed by atoms with Gasteiger partial charge in [-0.2, -0.15) is 0 Å². The van der Waals surface area contributed by atoms with E-state index in [0.717, 1.165) is 48.2 Å². The largest absolute Gasteiger partial charge is 0.370 e. The molecule has 9 amide bonds. The van der Waals surface area contributed by atoms with Crippen molar-refractivity contribution in [2.75, 3.05) is 18.1 Å². The van der Waals surface area contributed by atoms with Crippen LogP contribution in [0.25, 0.3) is 21.7 Å². The number of imide groups is 1. The molecular weight excluding hydrogens is 941 g/mol. The third-order valence-corrected chi connectivity index (χ3v) is 14.3. The zero-order valence-electron chi connectivity index (χ0n) is 37.9. The lowest BCUT2D eigenvalue weighted by Crippen LogP contribution is -2.60. The summed E-state index contributed by atoms with van der Waals surface area (Å²) in [6.45, 7) is 1.48. The first-order valence-electron chi connectivity index (χ1n) is 22.4. The van der Waals surface area contributed by atoms with Gasteiger partial charge in [-0.15, -0.1) is 0 Å². The summed E-state index contributed by atoms with van der Waals surface area (Å²) in [5, 5.41) is 29.1. The summed E-state index contributed by atoms with van der Waals surface area (Å²) in [6.07, 6.45) is 4.40. The van der Waals surface area contributed by atoms with E-state index in [-0.39, 0.29) is 56.1 Å². The monoisotopic (exact) mass is 994 g/mol. The lowest BCUT2D eigenvalue weighted by Gasteiger charge is -2.28. The maximum absolute atomic E-state index is 14.8. The lowest BCUT2D eigenvalue weighted by molar-refractivity contribution is -0.137. The Kier molecular flexibility index (Phi) is 16.6. The zero-order chi connectivity index (χ0) is 49.9. The Morgan fingerprint density at radius 2 is 1.39 bits per heavy atom. The summed E-state index contributed by atoms with van der Waals surface area (Å²) in [7, 11) is 2.21. The molecule has 70 heavy (non-hydrogen) atoms. The molecule has 368 valence electrons. The third-order valence-electron chi connectivity index (χ3n) is 11.9. The van der Waals surface area contributed by atoms with Crippen molar-refractivity contribution in [2.24, 2.45) is 11.5 Å². The molecule has 2 fully saturated rings. The van der Waals surface area contributed by atoms with E-state index in [1.54, 1.807) is 12.3 Å². The number of rotatable bonds is 11. The van der Waals surface area contributed by atoms with E-state index < -0.39 is 89.7 Å². The number of amides is 9. The highest BCUT2D eigenvalue weighted by atomic mass is 33.1. The van der Waals surface area contributed by atoms with E-state index in [1.165, 1.54) is 19.4 Å². The van der Waals surface area contributed by atoms with Gasteiger partial charge in [0.1, 0.15) is 42.3 Å². The molecule has 22 nitrogen and oxygen atoms in total. The number of carbonyl (C=O) groups excluding carboxylic acids is 8. The van der Waals surface area contributed by atoms with Gasteiger partial charge in [0, 0.05) is 66.3 Å². The maximum Gasteiger partial charge on any atom is 0.325 e. The topological polar surface area (TPSA) is 344 Å². The van der Waals surface area contributed by atoms with Gasteiger partial charge < -0.3 is 58.7 Å². The molecule has 7 atom stereocenters. The van der Waals surface area contributed by atoms with Crippen molar-refractivity contribution in [2.45, 2.75) is 81.3 Å². The van der Waals surface area contributed by atoms with E-state index in [0.29, 0.717) is 16.8 Å². The number of guanidine groups is 1. The van der Waals surface area contributed by atoms with E-state index in [4.69, 9.17) is 16.9 Å². The number of hydrogen-bond donors (Lipinski definition) is 12. The van der Waals surface area contributed by atoms with E-state index >= 15 is 0 Å². The summed E-state index contributed by atoms with van der Waals surface area (Å²) in [6, 6.07) is 10.4. The predicted octanol–water partition coefficient (Wildman–Crippen LogP) is -0.0514. The van der Waals surface area contributed by atoms with Gasteiger partial charge in [0.15, 0.2) is 5.96 Å². The van der Waals surface area contributed by atoms with Gasteiger partial charge >= 0.3 is 6.03 Å². The third kappa shape index (κ3) is 12.7. The van der Waals surface area contributed by atoms with E-state index in [2.05, 4.69) is 52.2 Å². The van der Waals surface area contributed by atoms with Gasteiger partial charge in [0.25, 0.3) is 5.91 Å². The second-order valence-electron chi connectivity index (χ2n) is 16.9. The number of nitrogens with one attached hydrogen (secondary N) is 10. The molecule has 24 heteroatoms. The minimum absolute atomic E-state index is 0.00651. The van der Waals surface area contributed by atoms with Crippen LogP contribution in [0.4, 0.5) is 4.79 Å². The van der Waals surface area contributed by atoms with Crippen LogP contribution in [-0.4, -0.2) is 134 Å². The molecule has 5 aromatic rings. The second-order valence-corrected chi connectivity index (χ2v) is 19.4. The SMILES string of the molecule is C[C@@H]1C(=O)N[C@@H](Cc2cnc[nH]2)C(=O)N[C@H](Cc2ccc3ccccc3c2)C(=O)N[C@@H](CCCNC(=N)N)C(=O)N[C@@H](Cc2c[nH]c3ccccc23)C(=O)N[C@H](C(N)=O)CSSC[C@@H]2NC(=O)N1C2=O. The number of H-pyrrole nitrogens is 2. The molecule has 0 aliphatic carbocycles. The fourth-order valence-electron chi connectivity index (χ4n) is 8.12. The van der Waals surface area contributed by atoms with Gasteiger partial charge in [0.2, 0.25) is 35.4 Å². The van der Waals surface area contributed by atoms with Crippen molar-refractivity contribution in [1.29, 1.82) is 5.41 Å². The number of carbonyl (C=O) groups is 8. The first-order chi connectivity index (χ1) is 33.6. The van der Waals surface area contributed by atoms with Gasteiger partial charge in [-0.1, -0.05) is 82.3 Å². The molecule has 2 aliphatic rings. The van der Waals surface area contributed by atoms with Crippen LogP contribution in [0.2, 0.25) is 0 Å². The smallest absolute Gasteiger partial charge is 0.325 e. The number of hydrogen-bond acceptors (Lipinski definition) is 12. The summed E-state index contributed by atoms with van der Waals surface area (Å²) >= 11 is 0. The molecule has 0 saturated carbocycles. The van der Waals surface area contributed by atoms with Crippen molar-refractivity contribution >= 4 is 96.6 Å². The normalized spacial score (nSPS) is 23.4. The maximum atomic E-state index is 14.8. The molecule has 2 saturated heterocycles. The van der Waals surface area contributed by atoms with Gasteiger partial charge in [-0.05, 0) is 47.7 Å². The Morgan fingerprint density at radius 1 is 0.743 bits per heavy atom. The molecule has 2 aliphatic heterocycles. The number of nitrogens with two attached hydrogens (primary N) is 2. The molecule has 0 unspecified atom stereocenters. The van der Waals surface area contributed by atoms with Crippen LogP contribution in [0.15, 0.2) is 85.5 Å². The van der Waals surface area contributed by atoms with Gasteiger partial charge in [-0.25, -0.2) is 9.78 Å². The average Bonchev–Trinajstić information content (AvgIpc) is 4.08. The molecule has 0 spiro atoms. The van der Waals surface area contributed by atoms with Crippen LogP contribution in [0.1, 0.15) is 36.6 Å². The van der Waals surface area contributed by atoms with Crippen LogP contribution in [-0.2, 0) is 52.8 Å². The van der Waals surface area contributed by atoms with Crippen LogP contribution in [0.3, 0.4) is 0 Å². The number of para-hydroxylation sites is 1. The first-order valence-corrected chi connectivity index (χ1v) is 24.9. The van der Waals surface area contributed by atoms with Crippen molar-refractivity contribution in [3.8, 4) is 0 Å². The van der Waals surface area contributed by atoms with Crippen LogP contribution in [0.5, 0.6) is 0 Å². The molecule has 2 aromatic heterocycles. The minimum atomic E-state index is -1.39. The predicted molar refractivity (Wildman–Crippen MR) is 263 cm³/mol. The van der Waals surface area contributed by atoms with Crippen LogP contribution < -0.4 is 48.7 Å². The minimum Gasteiger partial charge on any atom is -0.370 e. The summed E-state index contributed by atoms with van der Waals surface area (Å²) < 4.78 is 0. The number of aromatic nitrogens is 3. The molecule has 4 heterocycles. The number of primary amides is 1. The molecule has 2 bridgehead atoms. The van der Waals surface area contributed by atoms with Crippen molar-refractivity contribution in [3.63, 3.8) is 0 Å². The highest BCUT2D eigenvalue weighted by Gasteiger charge is 2.44. The van der Waals surface area contributed by atoms with Crippen molar-refractivity contribution in [3.05, 3.63) is 102 Å². The number of fused-ring (bicyclic) bond motifs is 4. The summed E-state index contributed by atoms with van der Waals surface area (Å²) in [4.78, 5) is 123. The summed E-state index contributed by atoms with van der Waals surface area (Å²) in [5.74, 6) is -5.97. The first kappa shape index (κ1) is 50.3. The Hall–Kier alpha value is -7.60. The quantitative estimate of drug-likeness (QED) is 0.0272. The van der Waals surface area contributed by atoms with Crippen molar-refractivity contribution < 1.29 is 38.4 Å². The van der Waals surface area contributed by atoms with Gasteiger partial charge in [0.05, 0.1) is 6.33 Å². The Morgan fingerprint density at radius 3 is 2.11 bits per heavy atom. The molecule has 7 rings (SSSR count). The number of urea groups is 1. The van der Waals surface area contributed by atoms with Gasteiger partial charge in [-0.3, -0.25) is 43.9 Å². The fourth-order valence-corrected chi connectivity index (χ4v) is 10.5. The van der Waals surface area contributed by atoms with Crippen LogP contribution in [0, 0.1) is 5.41 Å². The number of aromatic amines is 2. The Balaban J connectivity index is 1.26. The van der Waals surface area contributed by atoms with Crippen molar-refractivity contribution in [1.82, 2.24) is 57.1 Å². The van der Waals surface area contributed by atoms with E-state index in [9.17, 15) is 38.4 Å². The standard InChI is InChI=1S/C46H54N14O8S2/c1-24-39(62)55-35(18-29-20-50-23-53-29)43(66)56-33(16-25-12-13-26-7-2-3-8-27(26)15-25)41(64)54-32(11-6-14-51-45(48)49)40(63)57-34(17-28-19-52-31-10-5-4-9-30(28)31)42(65)58-36(38(47)61)21-69-70-22-37-44(67)60(24)46(68)59-37/h2-5,7-10,12-13,15,19-20,23-24,32-37,52H,6,11,14,16-18,21-22H2,1H3,(H2,47,61)(H,50,53)(H,54,64)(H,55,62)(H,56,66)(H,57,63)(H,58,65)(H,59,68)(H4,48,49,51)/t24-,32+,33-,34+,35+,36+,37+/m1/s1. The lowest BCUT2D eigenvalue weighted by atomic mass is 9.99. The summed E-state index contributed by atoms with van der Waals surface area (Å²) in [5.41, 5.74) is 13.8. The highest BCUT2D eigenvalue weighted by molar-refractivity contribution is 8.76. The Labute approximate surface area is 409 Å². The fraction of sp³-hybridized carbons (Fsp3) is 0.348. The average molecular weight is 995 g/mol. The molecule has 0 radical (unpaired) electrons. The molecular formula is C46H54N14O8S2. The molecule has 14 N–H and O–H groups in total. The highest BCUT2D eigenvalue weighted by Crippen LogP contribution is 2.26. The number of nitrogens with zero attached hydrogens (tertiary/aromatic N) is 2. The van der Waals surface area contributed by atoms with E-state index in [1.807, 2.05) is 60.7 Å². The number of benzene rings is 3. The Bertz CT molecular complexity index is 2770. The second kappa shape index (κ2) is 23.1. The van der Waals surface area contributed by atoms with Crippen LogP contribution >= 0.6 is 21.6 Å². The molecule has 3 aromatic carbocycles. The zero-order valence-corrected chi connectivity index (χ0v) is 39.5.